The van der Waals surface area contributed by atoms with Crippen LogP contribution in [-0.4, -0.2) is 46.3 Å². The Balaban J connectivity index is 1.68. The van der Waals surface area contributed by atoms with Crippen molar-refractivity contribution in [1.29, 1.82) is 0 Å². The minimum atomic E-state index is -3.00. The van der Waals surface area contributed by atoms with Gasteiger partial charge < -0.3 is 9.88 Å². The summed E-state index contributed by atoms with van der Waals surface area (Å²) >= 11 is 1.27. The summed E-state index contributed by atoms with van der Waals surface area (Å²) in [6.07, 6.45) is 2.27. The highest BCUT2D eigenvalue weighted by atomic mass is 32.2. The third-order valence-electron chi connectivity index (χ3n) is 4.04. The van der Waals surface area contributed by atoms with Crippen LogP contribution < -0.4 is 5.32 Å². The van der Waals surface area contributed by atoms with Crippen molar-refractivity contribution in [1.82, 2.24) is 14.8 Å². The minimum absolute atomic E-state index is 0.0986. The van der Waals surface area contributed by atoms with Gasteiger partial charge in [-0.15, -0.1) is 16.8 Å². The molecule has 2 heterocycles. The summed E-state index contributed by atoms with van der Waals surface area (Å²) in [5.41, 5.74) is 0.738. The maximum absolute atomic E-state index is 12.1. The van der Waals surface area contributed by atoms with E-state index in [4.69, 9.17) is 0 Å². The second-order valence-corrected chi connectivity index (χ2v) is 9.21. The summed E-state index contributed by atoms with van der Waals surface area (Å²) in [5, 5.41) is 11.8. The molecule has 0 bridgehead atoms. The second-order valence-electron chi connectivity index (χ2n) is 6.04. The number of nitrogens with one attached hydrogen (secondary N) is 1. The molecule has 0 unspecified atom stereocenters. The Morgan fingerprint density at radius 1 is 1.35 bits per heavy atom. The molecule has 1 saturated heterocycles. The van der Waals surface area contributed by atoms with Crippen molar-refractivity contribution in [2.24, 2.45) is 0 Å². The molecule has 1 aliphatic heterocycles. The lowest BCUT2D eigenvalue weighted by Gasteiger charge is -2.11. The summed E-state index contributed by atoms with van der Waals surface area (Å²) in [5.74, 6) is 0.825. The minimum Gasteiger partial charge on any atom is -0.325 e. The predicted octanol–water partition coefficient (Wildman–Crippen LogP) is 2.10. The van der Waals surface area contributed by atoms with E-state index in [-0.39, 0.29) is 29.1 Å². The monoisotopic (exact) mass is 392 g/mol. The summed E-state index contributed by atoms with van der Waals surface area (Å²) in [7, 11) is -3.00. The molecule has 0 saturated carbocycles. The molecule has 1 atom stereocenters. The first-order chi connectivity index (χ1) is 12.5. The van der Waals surface area contributed by atoms with Crippen molar-refractivity contribution in [2.45, 2.75) is 24.0 Å². The van der Waals surface area contributed by atoms with E-state index < -0.39 is 9.84 Å². The Morgan fingerprint density at radius 3 is 2.77 bits per heavy atom. The molecule has 0 aliphatic carbocycles. The highest BCUT2D eigenvalue weighted by molar-refractivity contribution is 7.99. The fourth-order valence-corrected chi connectivity index (χ4v) is 5.35. The molecular formula is C17H20N4O3S2. The van der Waals surface area contributed by atoms with E-state index in [1.807, 2.05) is 34.9 Å². The lowest BCUT2D eigenvalue weighted by atomic mass is 10.1. The number of allylic oxidation sites excluding steroid dienone is 1. The molecule has 0 spiro atoms. The molecule has 1 aromatic heterocycles. The smallest absolute Gasteiger partial charge is 0.234 e. The molecular weight excluding hydrogens is 372 g/mol. The van der Waals surface area contributed by atoms with Gasteiger partial charge in [0.15, 0.2) is 15.0 Å². The van der Waals surface area contributed by atoms with Gasteiger partial charge >= 0.3 is 0 Å². The number of aromatic nitrogens is 3. The molecule has 1 amide bonds. The maximum Gasteiger partial charge on any atom is 0.234 e. The average molecular weight is 393 g/mol. The zero-order valence-electron chi connectivity index (χ0n) is 14.2. The lowest BCUT2D eigenvalue weighted by Crippen LogP contribution is -2.15. The molecule has 1 aromatic carbocycles. The van der Waals surface area contributed by atoms with Crippen LogP contribution in [0.1, 0.15) is 18.2 Å². The van der Waals surface area contributed by atoms with Gasteiger partial charge in [0.2, 0.25) is 5.91 Å². The summed E-state index contributed by atoms with van der Waals surface area (Å²) in [4.78, 5) is 12.1. The van der Waals surface area contributed by atoms with Gasteiger partial charge in [-0.1, -0.05) is 36.0 Å². The van der Waals surface area contributed by atoms with Crippen LogP contribution in [0.4, 0.5) is 5.69 Å². The molecule has 1 fully saturated rings. The zero-order chi connectivity index (χ0) is 18.6. The van der Waals surface area contributed by atoms with Crippen LogP contribution in [-0.2, 0) is 21.2 Å². The summed E-state index contributed by atoms with van der Waals surface area (Å²) in [6.45, 7) is 4.21. The largest absolute Gasteiger partial charge is 0.325 e. The Bertz CT molecular complexity index is 894. The molecule has 0 radical (unpaired) electrons. The number of rotatable bonds is 7. The van der Waals surface area contributed by atoms with E-state index >= 15 is 0 Å². The first kappa shape index (κ1) is 18.7. The third-order valence-corrected chi connectivity index (χ3v) is 6.78. The zero-order valence-corrected chi connectivity index (χ0v) is 15.8. The summed E-state index contributed by atoms with van der Waals surface area (Å²) in [6, 6.07) is 9.23. The average Bonchev–Trinajstić information content (AvgIpc) is 3.17. The highest BCUT2D eigenvalue weighted by Gasteiger charge is 2.33. The van der Waals surface area contributed by atoms with Crippen molar-refractivity contribution in [3.05, 3.63) is 48.8 Å². The Hall–Kier alpha value is -2.13. The normalized spacial score (nSPS) is 18.5. The van der Waals surface area contributed by atoms with Gasteiger partial charge in [-0.2, -0.15) is 0 Å². The van der Waals surface area contributed by atoms with Crippen molar-refractivity contribution in [2.75, 3.05) is 22.6 Å². The van der Waals surface area contributed by atoms with E-state index in [2.05, 4.69) is 22.1 Å². The van der Waals surface area contributed by atoms with E-state index in [9.17, 15) is 13.2 Å². The lowest BCUT2D eigenvalue weighted by molar-refractivity contribution is -0.113. The number of hydrogen-bond acceptors (Lipinski definition) is 6. The number of anilines is 1. The molecule has 3 rings (SSSR count). The van der Waals surface area contributed by atoms with Crippen molar-refractivity contribution >= 4 is 33.2 Å². The van der Waals surface area contributed by atoms with E-state index in [0.717, 1.165) is 5.69 Å². The maximum atomic E-state index is 12.1. The molecule has 9 heteroatoms. The van der Waals surface area contributed by atoms with Crippen molar-refractivity contribution < 1.29 is 13.2 Å². The molecule has 138 valence electrons. The van der Waals surface area contributed by atoms with Crippen LogP contribution in [0.15, 0.2) is 48.1 Å². The van der Waals surface area contributed by atoms with Crippen LogP contribution in [0.25, 0.3) is 0 Å². The molecule has 1 aliphatic rings. The second kappa shape index (κ2) is 8.05. The van der Waals surface area contributed by atoms with E-state index in [1.165, 1.54) is 11.8 Å². The number of carbonyl (C=O) groups excluding carboxylic acids is 1. The van der Waals surface area contributed by atoms with Crippen LogP contribution >= 0.6 is 11.8 Å². The Labute approximate surface area is 156 Å². The van der Waals surface area contributed by atoms with Gasteiger partial charge in [-0.05, 0) is 18.6 Å². The van der Waals surface area contributed by atoms with Crippen LogP contribution in [0.3, 0.4) is 0 Å². The van der Waals surface area contributed by atoms with Crippen molar-refractivity contribution in [3.8, 4) is 0 Å². The highest BCUT2D eigenvalue weighted by Crippen LogP contribution is 2.30. The SMILES string of the molecule is C=CCn1c(SCC(=O)Nc2ccccc2)nnc1[C@H]1CCS(=O)(=O)C1. The van der Waals surface area contributed by atoms with Crippen LogP contribution in [0, 0.1) is 0 Å². The Kier molecular flexibility index (Phi) is 5.77. The number of thioether (sulfide) groups is 1. The summed E-state index contributed by atoms with van der Waals surface area (Å²) < 4.78 is 25.3. The first-order valence-electron chi connectivity index (χ1n) is 8.20. The van der Waals surface area contributed by atoms with Gasteiger partial charge in [0.25, 0.3) is 0 Å². The van der Waals surface area contributed by atoms with Gasteiger partial charge in [0.1, 0.15) is 5.82 Å². The predicted molar refractivity (Wildman–Crippen MR) is 102 cm³/mol. The van der Waals surface area contributed by atoms with Crippen molar-refractivity contribution in [3.63, 3.8) is 0 Å². The standard InChI is InChI=1S/C17H20N4O3S2/c1-2-9-21-16(13-8-10-26(23,24)12-13)19-20-17(21)25-11-15(22)18-14-6-4-3-5-7-14/h2-7,13H,1,8-12H2,(H,18,22)/t13-/m0/s1. The molecule has 1 N–H and O–H groups in total. The number of amides is 1. The molecule has 7 nitrogen and oxygen atoms in total. The topological polar surface area (TPSA) is 93.9 Å². The Morgan fingerprint density at radius 2 is 2.12 bits per heavy atom. The molecule has 26 heavy (non-hydrogen) atoms. The third kappa shape index (κ3) is 4.53. The molecule has 2 aromatic rings. The quantitative estimate of drug-likeness (QED) is 0.573. The van der Waals surface area contributed by atoms with Gasteiger partial charge in [0, 0.05) is 18.2 Å². The number of carbonyl (C=O) groups is 1. The number of hydrogen-bond donors (Lipinski definition) is 1. The van der Waals surface area contributed by atoms with E-state index in [1.54, 1.807) is 6.08 Å². The van der Waals surface area contributed by atoms with Crippen LogP contribution in [0.5, 0.6) is 0 Å². The fraction of sp³-hybridized carbons (Fsp3) is 0.353. The van der Waals surface area contributed by atoms with Gasteiger partial charge in [-0.25, -0.2) is 8.42 Å². The number of sulfone groups is 1. The number of nitrogens with zero attached hydrogens (tertiary/aromatic N) is 3. The van der Waals surface area contributed by atoms with Gasteiger partial charge in [-0.3, -0.25) is 4.79 Å². The number of para-hydroxylation sites is 1. The number of benzene rings is 1. The fourth-order valence-electron chi connectivity index (χ4n) is 2.86. The first-order valence-corrected chi connectivity index (χ1v) is 11.0. The van der Waals surface area contributed by atoms with Gasteiger partial charge in [0.05, 0.1) is 17.3 Å². The van der Waals surface area contributed by atoms with Crippen LogP contribution in [0.2, 0.25) is 0 Å². The van der Waals surface area contributed by atoms with E-state index in [0.29, 0.717) is 23.9 Å².